The van der Waals surface area contributed by atoms with Crippen LogP contribution in [0.5, 0.6) is 0 Å². The molecule has 1 unspecified atom stereocenters. The lowest BCUT2D eigenvalue weighted by Gasteiger charge is -2.25. The van der Waals surface area contributed by atoms with Crippen molar-refractivity contribution in [3.05, 3.63) is 77.6 Å². The zero-order valence-corrected chi connectivity index (χ0v) is 17.7. The summed E-state index contributed by atoms with van der Waals surface area (Å²) in [4.78, 5) is 18.7. The second kappa shape index (κ2) is 10.2. The number of nitrogens with zero attached hydrogens (tertiary/aromatic N) is 2. The van der Waals surface area contributed by atoms with E-state index in [0.29, 0.717) is 24.6 Å². The lowest BCUT2D eigenvalue weighted by Crippen LogP contribution is -2.34. The molecule has 158 valence electrons. The minimum absolute atomic E-state index is 0.0476. The number of carbonyl (C=O) groups excluding carboxylic acids is 1. The number of benzene rings is 2. The number of aromatic nitrogens is 1. The van der Waals surface area contributed by atoms with Gasteiger partial charge in [0.25, 0.3) is 0 Å². The van der Waals surface area contributed by atoms with Gasteiger partial charge in [-0.15, -0.1) is 0 Å². The highest BCUT2D eigenvalue weighted by molar-refractivity contribution is 5.76. The van der Waals surface area contributed by atoms with Gasteiger partial charge in [0.1, 0.15) is 5.82 Å². The first-order valence-electron chi connectivity index (χ1n) is 10.2. The molecule has 30 heavy (non-hydrogen) atoms. The standard InChI is InChI=1S/C24H28FN3O2/c1-4-17-5-7-18(8-6-17)21(28(2)3)15-26-23(29)13-14-24-27-16-22(30-24)19-9-11-20(25)12-10-19/h5-12,16,21H,4,13-15H2,1-3H3,(H,26,29). The first-order valence-corrected chi connectivity index (χ1v) is 10.2. The highest BCUT2D eigenvalue weighted by Gasteiger charge is 2.16. The lowest BCUT2D eigenvalue weighted by molar-refractivity contribution is -0.121. The van der Waals surface area contributed by atoms with Crippen LogP contribution in [0.4, 0.5) is 4.39 Å². The number of halogens is 1. The lowest BCUT2D eigenvalue weighted by atomic mass is 10.0. The average Bonchev–Trinajstić information content (AvgIpc) is 3.22. The van der Waals surface area contributed by atoms with Crippen LogP contribution in [0.25, 0.3) is 11.3 Å². The van der Waals surface area contributed by atoms with Gasteiger partial charge in [-0.25, -0.2) is 9.37 Å². The molecule has 0 bridgehead atoms. The number of nitrogens with one attached hydrogen (secondary N) is 1. The summed E-state index contributed by atoms with van der Waals surface area (Å²) in [5, 5.41) is 3.01. The van der Waals surface area contributed by atoms with Crippen molar-refractivity contribution in [2.45, 2.75) is 32.2 Å². The summed E-state index contributed by atoms with van der Waals surface area (Å²) < 4.78 is 18.7. The van der Waals surface area contributed by atoms with Crippen molar-refractivity contribution < 1.29 is 13.6 Å². The van der Waals surface area contributed by atoms with Gasteiger partial charge >= 0.3 is 0 Å². The van der Waals surface area contributed by atoms with E-state index in [0.717, 1.165) is 12.0 Å². The Hall–Kier alpha value is -2.99. The highest BCUT2D eigenvalue weighted by atomic mass is 19.1. The van der Waals surface area contributed by atoms with Gasteiger partial charge in [0.05, 0.1) is 12.2 Å². The third kappa shape index (κ3) is 5.76. The van der Waals surface area contributed by atoms with Crippen LogP contribution in [-0.4, -0.2) is 36.4 Å². The topological polar surface area (TPSA) is 58.4 Å². The molecule has 1 N–H and O–H groups in total. The van der Waals surface area contributed by atoms with Crippen molar-refractivity contribution in [3.63, 3.8) is 0 Å². The number of rotatable bonds is 9. The molecule has 0 aliphatic heterocycles. The number of hydrogen-bond acceptors (Lipinski definition) is 4. The Morgan fingerprint density at radius 1 is 1.13 bits per heavy atom. The number of aryl methyl sites for hydroxylation is 2. The van der Waals surface area contributed by atoms with Gasteiger partial charge in [-0.1, -0.05) is 31.2 Å². The van der Waals surface area contributed by atoms with E-state index < -0.39 is 0 Å². The summed E-state index contributed by atoms with van der Waals surface area (Å²) in [5.74, 6) is 0.707. The monoisotopic (exact) mass is 409 g/mol. The highest BCUT2D eigenvalue weighted by Crippen LogP contribution is 2.21. The van der Waals surface area contributed by atoms with Gasteiger partial charge in [0, 0.05) is 24.9 Å². The molecule has 0 saturated carbocycles. The summed E-state index contributed by atoms with van der Waals surface area (Å²) in [5.41, 5.74) is 3.22. The fraction of sp³-hybridized carbons (Fsp3) is 0.333. The summed E-state index contributed by atoms with van der Waals surface area (Å²) in [6.07, 6.45) is 3.30. The number of oxazole rings is 1. The molecule has 3 rings (SSSR count). The second-order valence-corrected chi connectivity index (χ2v) is 7.50. The summed E-state index contributed by atoms with van der Waals surface area (Å²) in [6, 6.07) is 14.7. The third-order valence-electron chi connectivity index (χ3n) is 5.14. The summed E-state index contributed by atoms with van der Waals surface area (Å²) in [6.45, 7) is 2.67. The molecule has 6 heteroatoms. The Labute approximate surface area is 176 Å². The fourth-order valence-electron chi connectivity index (χ4n) is 3.27. The van der Waals surface area contributed by atoms with Gasteiger partial charge < -0.3 is 14.6 Å². The molecule has 0 fully saturated rings. The van der Waals surface area contributed by atoms with Gasteiger partial charge in [0.2, 0.25) is 5.91 Å². The first kappa shape index (κ1) is 21.7. The molecule has 0 aliphatic carbocycles. The smallest absolute Gasteiger partial charge is 0.220 e. The molecule has 0 aliphatic rings. The van der Waals surface area contributed by atoms with E-state index >= 15 is 0 Å². The molecule has 5 nitrogen and oxygen atoms in total. The van der Waals surface area contributed by atoms with E-state index in [1.165, 1.54) is 23.3 Å². The van der Waals surface area contributed by atoms with Crippen molar-refractivity contribution in [1.82, 2.24) is 15.2 Å². The minimum Gasteiger partial charge on any atom is -0.441 e. The van der Waals surface area contributed by atoms with Crippen LogP contribution in [0.2, 0.25) is 0 Å². The molecule has 0 saturated heterocycles. The second-order valence-electron chi connectivity index (χ2n) is 7.50. The first-order chi connectivity index (χ1) is 14.5. The van der Waals surface area contributed by atoms with Gasteiger partial charge in [-0.3, -0.25) is 4.79 Å². The number of hydrogen-bond donors (Lipinski definition) is 1. The van der Waals surface area contributed by atoms with E-state index in [-0.39, 0.29) is 24.2 Å². The maximum absolute atomic E-state index is 13.0. The average molecular weight is 410 g/mol. The van der Waals surface area contributed by atoms with Crippen LogP contribution in [0.3, 0.4) is 0 Å². The zero-order chi connectivity index (χ0) is 21.5. The molecule has 1 amide bonds. The normalized spacial score (nSPS) is 12.2. The molecule has 0 spiro atoms. The van der Waals surface area contributed by atoms with Gasteiger partial charge in [-0.2, -0.15) is 0 Å². The number of carbonyl (C=O) groups is 1. The Morgan fingerprint density at radius 2 is 1.83 bits per heavy atom. The predicted molar refractivity (Wildman–Crippen MR) is 115 cm³/mol. The zero-order valence-electron chi connectivity index (χ0n) is 17.7. The minimum atomic E-state index is -0.299. The van der Waals surface area contributed by atoms with Crippen molar-refractivity contribution in [2.24, 2.45) is 0 Å². The van der Waals surface area contributed by atoms with Crippen molar-refractivity contribution in [3.8, 4) is 11.3 Å². The van der Waals surface area contributed by atoms with E-state index in [9.17, 15) is 9.18 Å². The number of amides is 1. The Kier molecular flexibility index (Phi) is 7.36. The van der Waals surface area contributed by atoms with Crippen molar-refractivity contribution in [2.75, 3.05) is 20.6 Å². The SMILES string of the molecule is CCc1ccc(C(CNC(=O)CCc2ncc(-c3ccc(F)cc3)o2)N(C)C)cc1. The van der Waals surface area contributed by atoms with Crippen LogP contribution in [-0.2, 0) is 17.6 Å². The van der Waals surface area contributed by atoms with Gasteiger partial charge in [-0.05, 0) is 55.9 Å². The predicted octanol–water partition coefficient (Wildman–Crippen LogP) is 4.39. The fourth-order valence-corrected chi connectivity index (χ4v) is 3.27. The van der Waals surface area contributed by atoms with Crippen molar-refractivity contribution >= 4 is 5.91 Å². The van der Waals surface area contributed by atoms with E-state index in [1.54, 1.807) is 18.3 Å². The summed E-state index contributed by atoms with van der Waals surface area (Å²) in [7, 11) is 4.02. The molecule has 1 atom stereocenters. The van der Waals surface area contributed by atoms with Crippen LogP contribution in [0.1, 0.15) is 36.4 Å². The van der Waals surface area contributed by atoms with E-state index in [4.69, 9.17) is 4.42 Å². The van der Waals surface area contributed by atoms with E-state index in [2.05, 4.69) is 46.4 Å². The molecule has 0 radical (unpaired) electrons. The molecular weight excluding hydrogens is 381 g/mol. The third-order valence-corrected chi connectivity index (χ3v) is 5.14. The quantitative estimate of drug-likeness (QED) is 0.569. The molecule has 1 heterocycles. The Balaban J connectivity index is 1.51. The van der Waals surface area contributed by atoms with Gasteiger partial charge in [0.15, 0.2) is 11.7 Å². The van der Waals surface area contributed by atoms with Crippen LogP contribution >= 0.6 is 0 Å². The largest absolute Gasteiger partial charge is 0.441 e. The van der Waals surface area contributed by atoms with Crippen LogP contribution in [0.15, 0.2) is 59.1 Å². The Morgan fingerprint density at radius 3 is 2.47 bits per heavy atom. The van der Waals surface area contributed by atoms with E-state index in [1.807, 2.05) is 14.1 Å². The van der Waals surface area contributed by atoms with Crippen molar-refractivity contribution in [1.29, 1.82) is 0 Å². The molecular formula is C24H28FN3O2. The molecule has 1 aromatic heterocycles. The Bertz CT molecular complexity index is 949. The summed E-state index contributed by atoms with van der Waals surface area (Å²) >= 11 is 0. The molecule has 2 aromatic carbocycles. The van der Waals surface area contributed by atoms with Crippen LogP contribution < -0.4 is 5.32 Å². The maximum Gasteiger partial charge on any atom is 0.220 e. The number of likely N-dealkylation sites (N-methyl/N-ethyl adjacent to an activating group) is 1. The molecule has 3 aromatic rings. The maximum atomic E-state index is 13.0. The van der Waals surface area contributed by atoms with Crippen LogP contribution in [0, 0.1) is 5.82 Å².